The maximum absolute atomic E-state index is 9.39. The highest BCUT2D eigenvalue weighted by Gasteiger charge is 2.23. The minimum Gasteiger partial charge on any atom is -0.476 e. The molecule has 1 atom stereocenters. The summed E-state index contributed by atoms with van der Waals surface area (Å²) in [4.78, 5) is 3.76. The zero-order valence-electron chi connectivity index (χ0n) is 12.0. The van der Waals surface area contributed by atoms with E-state index in [9.17, 15) is 5.26 Å². The summed E-state index contributed by atoms with van der Waals surface area (Å²) < 4.78 is 5.86. The molecule has 4 heteroatoms. The van der Waals surface area contributed by atoms with Gasteiger partial charge in [-0.2, -0.15) is 10.5 Å². The van der Waals surface area contributed by atoms with Crippen LogP contribution in [-0.2, 0) is 11.2 Å². The van der Waals surface area contributed by atoms with E-state index < -0.39 is 5.92 Å². The first kappa shape index (κ1) is 15.1. The Balaban J connectivity index is 2.06. The Hall–Kier alpha value is -2.33. The Kier molecular flexibility index (Phi) is 5.79. The lowest BCUT2D eigenvalue weighted by Gasteiger charge is -2.24. The van der Waals surface area contributed by atoms with Crippen molar-refractivity contribution in [2.75, 3.05) is 0 Å². The second kappa shape index (κ2) is 8.07. The van der Waals surface area contributed by atoms with Gasteiger partial charge in [-0.1, -0.05) is 36.8 Å². The zero-order valence-corrected chi connectivity index (χ0v) is 12.0. The van der Waals surface area contributed by atoms with E-state index in [1.807, 2.05) is 30.3 Å². The van der Waals surface area contributed by atoms with Gasteiger partial charge in [0.15, 0.2) is 0 Å². The first-order chi connectivity index (χ1) is 10.3. The lowest BCUT2D eigenvalue weighted by molar-refractivity contribution is 0.135. The maximum Gasteiger partial charge on any atom is 0.217 e. The molecule has 0 amide bonds. The maximum atomic E-state index is 9.39. The summed E-state index contributed by atoms with van der Waals surface area (Å²) in [6.45, 7) is 0. The normalized spacial score (nSPS) is 17.5. The van der Waals surface area contributed by atoms with Crippen LogP contribution in [-0.4, -0.2) is 12.0 Å². The predicted molar refractivity (Wildman–Crippen MR) is 80.3 cm³/mol. The van der Waals surface area contributed by atoms with Crippen LogP contribution in [0.25, 0.3) is 0 Å². The lowest BCUT2D eigenvalue weighted by Crippen LogP contribution is -2.26. The van der Waals surface area contributed by atoms with Gasteiger partial charge in [-0.15, -0.1) is 4.99 Å². The Morgan fingerprint density at radius 2 is 1.90 bits per heavy atom. The minimum atomic E-state index is -0.506. The highest BCUT2D eigenvalue weighted by molar-refractivity contribution is 5.82. The first-order valence-corrected chi connectivity index (χ1v) is 7.40. The quantitative estimate of drug-likeness (QED) is 0.481. The number of hydrogen-bond donors (Lipinski definition) is 0. The van der Waals surface area contributed by atoms with E-state index in [1.54, 1.807) is 6.19 Å². The lowest BCUT2D eigenvalue weighted by atomic mass is 9.97. The van der Waals surface area contributed by atoms with Crippen molar-refractivity contribution in [3.8, 4) is 12.3 Å². The molecule has 1 aliphatic carbocycles. The molecular weight excluding hydrogens is 262 g/mol. The molecule has 1 aromatic rings. The van der Waals surface area contributed by atoms with Crippen molar-refractivity contribution in [3.05, 3.63) is 35.9 Å². The summed E-state index contributed by atoms with van der Waals surface area (Å²) >= 11 is 0. The van der Waals surface area contributed by atoms with Crippen molar-refractivity contribution < 1.29 is 4.74 Å². The van der Waals surface area contributed by atoms with Gasteiger partial charge in [-0.25, -0.2) is 0 Å². The summed E-state index contributed by atoms with van der Waals surface area (Å²) in [5.74, 6) is -0.232. The first-order valence-electron chi connectivity index (χ1n) is 7.40. The standard InChI is InChI=1S/C17H19N3O/c18-12-15(11-14-7-3-1-4-8-14)17(20-13-19)21-16-9-5-2-6-10-16/h1,3-4,7-8,15-16H,2,5-6,9-11H2. The van der Waals surface area contributed by atoms with E-state index in [1.165, 1.54) is 6.42 Å². The third kappa shape index (κ3) is 4.61. The van der Waals surface area contributed by atoms with Gasteiger partial charge in [0.05, 0.1) is 6.07 Å². The van der Waals surface area contributed by atoms with Gasteiger partial charge in [0.2, 0.25) is 12.1 Å². The summed E-state index contributed by atoms with van der Waals surface area (Å²) in [5, 5.41) is 18.2. The number of ether oxygens (including phenoxy) is 1. The molecule has 0 heterocycles. The summed E-state index contributed by atoms with van der Waals surface area (Å²) in [6.07, 6.45) is 7.85. The molecule has 1 saturated carbocycles. The number of hydrogen-bond acceptors (Lipinski definition) is 4. The highest BCUT2D eigenvalue weighted by atomic mass is 16.5. The van der Waals surface area contributed by atoms with Crippen molar-refractivity contribution in [1.82, 2.24) is 0 Å². The fraction of sp³-hybridized carbons (Fsp3) is 0.471. The Bertz CT molecular complexity index is 548. The second-order valence-electron chi connectivity index (χ2n) is 5.30. The number of nitrogens with zero attached hydrogens (tertiary/aromatic N) is 3. The monoisotopic (exact) mass is 281 g/mol. The van der Waals surface area contributed by atoms with Gasteiger partial charge >= 0.3 is 0 Å². The fourth-order valence-electron chi connectivity index (χ4n) is 2.63. The molecule has 4 nitrogen and oxygen atoms in total. The Morgan fingerprint density at radius 1 is 1.19 bits per heavy atom. The van der Waals surface area contributed by atoms with Crippen LogP contribution >= 0.6 is 0 Å². The SMILES string of the molecule is N#CN=C(OC1CCCCC1)C(C#N)Cc1ccccc1. The number of benzene rings is 1. The van der Waals surface area contributed by atoms with Crippen LogP contribution in [0, 0.1) is 28.7 Å². The van der Waals surface area contributed by atoms with Crippen LogP contribution in [0.1, 0.15) is 37.7 Å². The molecule has 0 N–H and O–H groups in total. The van der Waals surface area contributed by atoms with Gasteiger partial charge < -0.3 is 4.74 Å². The van der Waals surface area contributed by atoms with Crippen molar-refractivity contribution in [2.24, 2.45) is 10.9 Å². The van der Waals surface area contributed by atoms with Crippen molar-refractivity contribution in [1.29, 1.82) is 10.5 Å². The number of nitriles is 2. The molecule has 0 radical (unpaired) electrons. The molecule has 21 heavy (non-hydrogen) atoms. The van der Waals surface area contributed by atoms with E-state index >= 15 is 0 Å². The smallest absolute Gasteiger partial charge is 0.217 e. The number of aliphatic imine (C=N–C) groups is 1. The Labute approximate surface area is 125 Å². The van der Waals surface area contributed by atoms with E-state index in [0.29, 0.717) is 6.42 Å². The summed E-state index contributed by atoms with van der Waals surface area (Å²) in [5.41, 5.74) is 1.04. The largest absolute Gasteiger partial charge is 0.476 e. The summed E-state index contributed by atoms with van der Waals surface area (Å²) in [7, 11) is 0. The average molecular weight is 281 g/mol. The van der Waals surface area contributed by atoms with Crippen molar-refractivity contribution in [2.45, 2.75) is 44.6 Å². The van der Waals surface area contributed by atoms with Crippen LogP contribution in [0.3, 0.4) is 0 Å². The van der Waals surface area contributed by atoms with Crippen LogP contribution in [0.4, 0.5) is 0 Å². The molecular formula is C17H19N3O. The van der Waals surface area contributed by atoms with Crippen LogP contribution in [0.5, 0.6) is 0 Å². The van der Waals surface area contributed by atoms with Crippen LogP contribution in [0.2, 0.25) is 0 Å². The molecule has 0 spiro atoms. The molecule has 108 valence electrons. The van der Waals surface area contributed by atoms with E-state index in [-0.39, 0.29) is 12.0 Å². The molecule has 0 aliphatic heterocycles. The van der Waals surface area contributed by atoms with Crippen LogP contribution in [0.15, 0.2) is 35.3 Å². The minimum absolute atomic E-state index is 0.0949. The number of rotatable bonds is 4. The third-order valence-corrected chi connectivity index (χ3v) is 3.74. The van der Waals surface area contributed by atoms with Gasteiger partial charge in [0.25, 0.3) is 0 Å². The summed E-state index contributed by atoms with van der Waals surface area (Å²) in [6, 6.07) is 12.0. The van der Waals surface area contributed by atoms with E-state index in [0.717, 1.165) is 31.2 Å². The molecule has 1 aromatic carbocycles. The third-order valence-electron chi connectivity index (χ3n) is 3.74. The van der Waals surface area contributed by atoms with Gasteiger partial charge in [0, 0.05) is 0 Å². The molecule has 0 saturated heterocycles. The highest BCUT2D eigenvalue weighted by Crippen LogP contribution is 2.22. The second-order valence-corrected chi connectivity index (χ2v) is 5.30. The molecule has 1 aliphatic rings. The van der Waals surface area contributed by atoms with E-state index in [2.05, 4.69) is 11.1 Å². The molecule has 0 bridgehead atoms. The zero-order chi connectivity index (χ0) is 14.9. The van der Waals surface area contributed by atoms with Crippen molar-refractivity contribution >= 4 is 5.90 Å². The van der Waals surface area contributed by atoms with Crippen LogP contribution < -0.4 is 0 Å². The molecule has 1 fully saturated rings. The molecule has 2 rings (SSSR count). The molecule has 0 aromatic heterocycles. The van der Waals surface area contributed by atoms with Gasteiger partial charge in [-0.05, 0) is 37.7 Å². The topological polar surface area (TPSA) is 69.2 Å². The predicted octanol–water partition coefficient (Wildman–Crippen LogP) is 3.60. The average Bonchev–Trinajstić information content (AvgIpc) is 2.54. The fourth-order valence-corrected chi connectivity index (χ4v) is 2.63. The molecule has 1 unspecified atom stereocenters. The van der Waals surface area contributed by atoms with Gasteiger partial charge in [0.1, 0.15) is 12.0 Å². The Morgan fingerprint density at radius 3 is 2.52 bits per heavy atom. The van der Waals surface area contributed by atoms with Crippen molar-refractivity contribution in [3.63, 3.8) is 0 Å². The van der Waals surface area contributed by atoms with E-state index in [4.69, 9.17) is 10.00 Å². The van der Waals surface area contributed by atoms with Gasteiger partial charge in [-0.3, -0.25) is 0 Å².